The first-order valence-corrected chi connectivity index (χ1v) is 30.5. The third-order valence-electron chi connectivity index (χ3n) is 17.3. The molecule has 11 rings (SSSR count). The third kappa shape index (κ3) is 12.4. The van der Waals surface area contributed by atoms with Crippen LogP contribution < -0.4 is 42.6 Å². The highest BCUT2D eigenvalue weighted by Crippen LogP contribution is 2.36. The SMILES string of the molecule is Cc1cc(C)c(B(c2cc(/C=C/c3ccc(N(c4ccccc4)c4ccccc4)cc3)c(B(c3c(C)cc(C)cc3C)c3c(C)cc(C)cc3C)cc2/C=C\c2ccc(N(c3ccccc3)c3ccccc3)cc2)c2c(C)cc(C)cc2C)c(C)c1. The van der Waals surface area contributed by atoms with E-state index in [1.54, 1.807) is 0 Å². The van der Waals surface area contributed by atoms with Crippen molar-refractivity contribution >= 4 is 105 Å². The number of hydrogen-bond acceptors (Lipinski definition) is 2. The number of anilines is 6. The average molecular weight is 1110 g/mol. The van der Waals surface area contributed by atoms with Crippen LogP contribution in [0.5, 0.6) is 0 Å². The Balaban J connectivity index is 1.18. The zero-order valence-corrected chi connectivity index (χ0v) is 52.3. The van der Waals surface area contributed by atoms with Gasteiger partial charge < -0.3 is 9.80 Å². The lowest BCUT2D eigenvalue weighted by molar-refractivity contribution is 1.28. The standard InChI is InChI=1S/C82H78B2N2/c1-55-45-59(5)79(60(6)46-55)83(80-61(7)47-56(2)48-62(80)8)77-53-70(40-34-68-37-43-76(44-38-68)86(73-29-21-15-22-30-73)74-31-23-16-24-32-74)78(84(81-63(9)49-57(3)50-64(81)10)82-65(11)51-58(4)52-66(82)12)54-69(77)39-33-67-35-41-75(42-36-67)85(71-25-17-13-18-26-71)72-27-19-14-20-28-72/h13-54H,1-12H3/b39-33-,40-34+. The van der Waals surface area contributed by atoms with Crippen molar-refractivity contribution in [2.45, 2.75) is 83.1 Å². The van der Waals surface area contributed by atoms with Crippen molar-refractivity contribution in [3.05, 3.63) is 320 Å². The Kier molecular flexibility index (Phi) is 17.3. The van der Waals surface area contributed by atoms with Crippen molar-refractivity contribution in [3.63, 3.8) is 0 Å². The molecular weight excluding hydrogens is 1030 g/mol. The lowest BCUT2D eigenvalue weighted by Crippen LogP contribution is -2.59. The Hall–Kier alpha value is -9.37. The zero-order chi connectivity index (χ0) is 60.2. The molecule has 422 valence electrons. The number of para-hydroxylation sites is 4. The normalized spacial score (nSPS) is 11.4. The van der Waals surface area contributed by atoms with Gasteiger partial charge in [-0.15, -0.1) is 0 Å². The van der Waals surface area contributed by atoms with E-state index in [0.717, 1.165) is 45.3 Å². The van der Waals surface area contributed by atoms with Crippen molar-refractivity contribution in [2.24, 2.45) is 0 Å². The van der Waals surface area contributed by atoms with Gasteiger partial charge in [0.05, 0.1) is 0 Å². The summed E-state index contributed by atoms with van der Waals surface area (Å²) in [6.45, 7) is 27.3. The van der Waals surface area contributed by atoms with Crippen LogP contribution in [0.25, 0.3) is 24.3 Å². The molecule has 0 saturated heterocycles. The predicted molar refractivity (Wildman–Crippen MR) is 378 cm³/mol. The van der Waals surface area contributed by atoms with Crippen molar-refractivity contribution in [3.8, 4) is 0 Å². The van der Waals surface area contributed by atoms with E-state index in [0.29, 0.717) is 0 Å². The molecule has 2 nitrogen and oxygen atoms in total. The Morgan fingerprint density at radius 2 is 0.442 bits per heavy atom. The zero-order valence-electron chi connectivity index (χ0n) is 52.3. The maximum Gasteiger partial charge on any atom is 0.243 e. The van der Waals surface area contributed by atoms with Crippen molar-refractivity contribution < 1.29 is 0 Å². The van der Waals surface area contributed by atoms with Gasteiger partial charge >= 0.3 is 0 Å². The monoisotopic (exact) mass is 1110 g/mol. The minimum atomic E-state index is -0.0879. The van der Waals surface area contributed by atoms with Gasteiger partial charge in [-0.1, -0.05) is 282 Å². The third-order valence-corrected chi connectivity index (χ3v) is 17.3. The molecule has 11 aromatic rings. The van der Waals surface area contributed by atoms with E-state index in [2.05, 4.69) is 348 Å². The molecule has 0 aromatic heterocycles. The second-order valence-electron chi connectivity index (χ2n) is 24.1. The summed E-state index contributed by atoms with van der Waals surface area (Å²) in [6, 6.07) is 85.0. The van der Waals surface area contributed by atoms with Crippen molar-refractivity contribution in [2.75, 3.05) is 9.80 Å². The van der Waals surface area contributed by atoms with Crippen LogP contribution in [0, 0.1) is 83.1 Å². The fraction of sp³-hybridized carbons (Fsp3) is 0.146. The van der Waals surface area contributed by atoms with E-state index in [4.69, 9.17) is 0 Å². The van der Waals surface area contributed by atoms with Crippen LogP contribution in [0.3, 0.4) is 0 Å². The first kappa shape index (κ1) is 58.4. The highest BCUT2D eigenvalue weighted by molar-refractivity contribution is 6.98. The average Bonchev–Trinajstić information content (AvgIpc) is 0.918. The van der Waals surface area contributed by atoms with E-state index in [-0.39, 0.29) is 13.4 Å². The molecule has 0 amide bonds. The van der Waals surface area contributed by atoms with Crippen molar-refractivity contribution in [1.29, 1.82) is 0 Å². The van der Waals surface area contributed by atoms with E-state index in [1.807, 2.05) is 0 Å². The predicted octanol–water partition coefficient (Wildman–Crippen LogP) is 17.7. The Bertz CT molecular complexity index is 3710. The summed E-state index contributed by atoms with van der Waals surface area (Å²) in [7, 11) is 0. The highest BCUT2D eigenvalue weighted by Gasteiger charge is 2.35. The molecule has 0 N–H and O–H groups in total. The van der Waals surface area contributed by atoms with E-state index in [9.17, 15) is 0 Å². The van der Waals surface area contributed by atoms with Crippen LogP contribution in [-0.4, -0.2) is 13.4 Å². The van der Waals surface area contributed by atoms with Crippen LogP contribution in [0.1, 0.15) is 89.0 Å². The fourth-order valence-electron chi connectivity index (χ4n) is 14.0. The molecule has 86 heavy (non-hydrogen) atoms. The first-order chi connectivity index (χ1) is 41.6. The molecular formula is C82H78B2N2. The van der Waals surface area contributed by atoms with Gasteiger partial charge in [0.15, 0.2) is 0 Å². The second-order valence-corrected chi connectivity index (χ2v) is 24.1. The number of rotatable bonds is 16. The summed E-state index contributed by atoms with van der Waals surface area (Å²) in [6.07, 6.45) is 9.52. The minimum absolute atomic E-state index is 0.0879. The topological polar surface area (TPSA) is 6.48 Å². The molecule has 0 saturated carbocycles. The summed E-state index contributed by atoms with van der Waals surface area (Å²) in [5.74, 6) is 0. The molecule has 0 spiro atoms. The van der Waals surface area contributed by atoms with Crippen molar-refractivity contribution in [1.82, 2.24) is 0 Å². The molecule has 0 aliphatic heterocycles. The quantitative estimate of drug-likeness (QED) is 0.0703. The molecule has 0 aliphatic carbocycles. The molecule has 4 heteroatoms. The van der Waals surface area contributed by atoms with Gasteiger partial charge in [-0.2, -0.15) is 0 Å². The Morgan fingerprint density at radius 3 is 0.663 bits per heavy atom. The lowest BCUT2D eigenvalue weighted by Gasteiger charge is -2.29. The number of benzene rings is 11. The molecule has 0 fully saturated rings. The maximum atomic E-state index is 2.58. The lowest BCUT2D eigenvalue weighted by atomic mass is 9.31. The molecule has 0 heterocycles. The van der Waals surface area contributed by atoms with Gasteiger partial charge in [0.2, 0.25) is 13.4 Å². The summed E-state index contributed by atoms with van der Waals surface area (Å²) >= 11 is 0. The smallest absolute Gasteiger partial charge is 0.243 e. The van der Waals surface area contributed by atoms with E-state index >= 15 is 0 Å². The van der Waals surface area contributed by atoms with Crippen LogP contribution in [0.4, 0.5) is 34.1 Å². The Morgan fingerprint density at radius 1 is 0.233 bits per heavy atom. The molecule has 0 unspecified atom stereocenters. The summed E-state index contributed by atoms with van der Waals surface area (Å²) < 4.78 is 0. The molecule has 0 aliphatic rings. The maximum absolute atomic E-state index is 2.58. The van der Waals surface area contributed by atoms with E-state index in [1.165, 1.54) is 111 Å². The number of hydrogen-bond donors (Lipinski definition) is 0. The van der Waals surface area contributed by atoms with Gasteiger partial charge in [-0.3, -0.25) is 0 Å². The van der Waals surface area contributed by atoms with Crippen LogP contribution >= 0.6 is 0 Å². The first-order valence-electron chi connectivity index (χ1n) is 30.5. The summed E-state index contributed by atoms with van der Waals surface area (Å²) in [4.78, 5) is 4.66. The van der Waals surface area contributed by atoms with Crippen LogP contribution in [-0.2, 0) is 0 Å². The number of aryl methyl sites for hydroxylation is 12. The van der Waals surface area contributed by atoms with E-state index < -0.39 is 0 Å². The van der Waals surface area contributed by atoms with Gasteiger partial charge in [0.1, 0.15) is 0 Å². The highest BCUT2D eigenvalue weighted by atomic mass is 15.1. The molecule has 11 aromatic carbocycles. The van der Waals surface area contributed by atoms with Gasteiger partial charge in [-0.25, -0.2) is 0 Å². The number of nitrogens with zero attached hydrogens (tertiary/aromatic N) is 2. The summed E-state index contributed by atoms with van der Waals surface area (Å²) in [5, 5.41) is 0. The largest absolute Gasteiger partial charge is 0.311 e. The fourth-order valence-corrected chi connectivity index (χ4v) is 14.0. The van der Waals surface area contributed by atoms with Crippen LogP contribution in [0.2, 0.25) is 0 Å². The second kappa shape index (κ2) is 25.5. The van der Waals surface area contributed by atoms with Gasteiger partial charge in [0, 0.05) is 34.1 Å². The summed E-state index contributed by atoms with van der Waals surface area (Å²) in [5.41, 5.74) is 34.8. The van der Waals surface area contributed by atoms with Gasteiger partial charge in [0.25, 0.3) is 0 Å². The minimum Gasteiger partial charge on any atom is -0.311 e. The van der Waals surface area contributed by atoms with Crippen LogP contribution in [0.15, 0.2) is 231 Å². The molecule has 0 radical (unpaired) electrons. The molecule has 0 bridgehead atoms. The Labute approximate surface area is 514 Å². The molecule has 0 atom stereocenters. The van der Waals surface area contributed by atoms with Gasteiger partial charge in [-0.05, 0) is 178 Å².